The van der Waals surface area contributed by atoms with Gasteiger partial charge in [-0.1, -0.05) is 27.7 Å². The third-order valence-corrected chi connectivity index (χ3v) is 1.19. The van der Waals surface area contributed by atoms with E-state index in [2.05, 4.69) is 32.0 Å². The van der Waals surface area contributed by atoms with Crippen molar-refractivity contribution in [3.8, 4) is 0 Å². The summed E-state index contributed by atoms with van der Waals surface area (Å²) < 4.78 is 0. The van der Waals surface area contributed by atoms with Crippen LogP contribution < -0.4 is 0 Å². The van der Waals surface area contributed by atoms with Crippen molar-refractivity contribution in [1.29, 1.82) is 0 Å². The predicted octanol–water partition coefficient (Wildman–Crippen LogP) is 3.56. The molecule has 0 bridgehead atoms. The largest absolute Gasteiger partial charge is 0.297 e. The second kappa shape index (κ2) is 16.2. The van der Waals surface area contributed by atoms with Gasteiger partial charge in [0, 0.05) is 12.8 Å². The van der Waals surface area contributed by atoms with Crippen LogP contribution in [0.3, 0.4) is 0 Å². The van der Waals surface area contributed by atoms with Gasteiger partial charge < -0.3 is 0 Å². The van der Waals surface area contributed by atoms with E-state index < -0.39 is 0 Å². The van der Waals surface area contributed by atoms with E-state index in [0.717, 1.165) is 0 Å². The van der Waals surface area contributed by atoms with Crippen molar-refractivity contribution >= 4 is 5.71 Å². The average molecular weight is 157 g/mol. The van der Waals surface area contributed by atoms with Crippen molar-refractivity contribution in [3.63, 3.8) is 0 Å². The fourth-order valence-corrected chi connectivity index (χ4v) is 0.258. The Labute approximate surface area is 72.2 Å². The molecule has 1 heteroatoms. The lowest BCUT2D eigenvalue weighted by Gasteiger charge is -1.98. The highest BCUT2D eigenvalue weighted by atomic mass is 14.7. The Bertz CT molecular complexity index is 82.9. The molecule has 0 aromatic heterocycles. The Hall–Kier alpha value is -0.590. The maximum Gasteiger partial charge on any atom is 0.0276 e. The van der Waals surface area contributed by atoms with Crippen molar-refractivity contribution in [2.75, 3.05) is 7.05 Å². The fourth-order valence-electron chi connectivity index (χ4n) is 0.258. The first-order valence-electron chi connectivity index (χ1n) is 4.11. The van der Waals surface area contributed by atoms with Crippen molar-refractivity contribution in [1.82, 2.24) is 0 Å². The van der Waals surface area contributed by atoms with Crippen LogP contribution >= 0.6 is 0 Å². The Balaban J connectivity index is -0.000000138. The second-order valence-corrected chi connectivity index (χ2v) is 2.02. The highest BCUT2D eigenvalue weighted by molar-refractivity contribution is 5.83. The van der Waals surface area contributed by atoms with Crippen LogP contribution in [0.4, 0.5) is 0 Å². The van der Waals surface area contributed by atoms with Crippen LogP contribution in [0.25, 0.3) is 0 Å². The van der Waals surface area contributed by atoms with Gasteiger partial charge in [0.25, 0.3) is 0 Å². The lowest BCUT2D eigenvalue weighted by atomic mass is 10.1. The van der Waals surface area contributed by atoms with Crippen LogP contribution in [0, 0.1) is 5.92 Å². The highest BCUT2D eigenvalue weighted by Gasteiger charge is 1.92. The van der Waals surface area contributed by atoms with Gasteiger partial charge in [-0.3, -0.25) is 4.99 Å². The molecular formula is C10H23N. The highest BCUT2D eigenvalue weighted by Crippen LogP contribution is 1.93. The van der Waals surface area contributed by atoms with Crippen molar-refractivity contribution < 1.29 is 0 Å². The summed E-state index contributed by atoms with van der Waals surface area (Å²) in [6.07, 6.45) is 0. The zero-order valence-corrected chi connectivity index (χ0v) is 8.94. The molecule has 0 rings (SSSR count). The molecule has 0 aromatic rings. The van der Waals surface area contributed by atoms with E-state index in [4.69, 9.17) is 0 Å². The molecule has 0 aliphatic carbocycles. The minimum absolute atomic E-state index is 0.616. The Morgan fingerprint density at radius 1 is 1.18 bits per heavy atom. The summed E-state index contributed by atoms with van der Waals surface area (Å²) in [6.45, 7) is 16.3. The molecule has 11 heavy (non-hydrogen) atoms. The minimum atomic E-state index is 0.616. The standard InChI is InChI=1S/C6H13N.C2H6.C2H4/c1-5(2)6(3)7-4;2*1-2/h5H,1-4H3;1-2H3;1-2H2. The normalized spacial score (nSPS) is 9.18. The SMILES string of the molecule is C=C.CC.CN=C(C)C(C)C. The molecule has 0 aromatic carbocycles. The molecule has 0 unspecified atom stereocenters. The average Bonchev–Trinajstić information content (AvgIpc) is 2.10. The first-order chi connectivity index (χ1) is 5.18. The minimum Gasteiger partial charge on any atom is -0.297 e. The monoisotopic (exact) mass is 157 g/mol. The lowest BCUT2D eigenvalue weighted by Crippen LogP contribution is -1.99. The zero-order valence-electron chi connectivity index (χ0n) is 8.94. The molecule has 0 spiro atoms. The summed E-state index contributed by atoms with van der Waals surface area (Å²) in [4.78, 5) is 4.00. The van der Waals surface area contributed by atoms with Gasteiger partial charge in [-0.05, 0) is 12.8 Å². The number of hydrogen-bond acceptors (Lipinski definition) is 1. The molecule has 0 saturated heterocycles. The predicted molar refractivity (Wildman–Crippen MR) is 56.5 cm³/mol. The van der Waals surface area contributed by atoms with Crippen molar-refractivity contribution in [3.05, 3.63) is 13.2 Å². The maximum absolute atomic E-state index is 4.00. The van der Waals surface area contributed by atoms with Crippen molar-refractivity contribution in [2.45, 2.75) is 34.6 Å². The molecular weight excluding hydrogens is 134 g/mol. The Morgan fingerprint density at radius 2 is 1.45 bits per heavy atom. The molecule has 0 saturated carbocycles. The summed E-state index contributed by atoms with van der Waals surface area (Å²) in [7, 11) is 1.83. The molecule has 0 atom stereocenters. The van der Waals surface area contributed by atoms with E-state index >= 15 is 0 Å². The molecule has 68 valence electrons. The summed E-state index contributed by atoms with van der Waals surface area (Å²) in [5.74, 6) is 0.616. The van der Waals surface area contributed by atoms with E-state index in [-0.39, 0.29) is 0 Å². The number of nitrogens with zero attached hydrogens (tertiary/aromatic N) is 1. The topological polar surface area (TPSA) is 12.4 Å². The third kappa shape index (κ3) is 17.7. The first kappa shape index (κ1) is 16.8. The van der Waals surface area contributed by atoms with Crippen LogP contribution in [0.2, 0.25) is 0 Å². The van der Waals surface area contributed by atoms with Crippen LogP contribution in [-0.2, 0) is 0 Å². The first-order valence-corrected chi connectivity index (χ1v) is 4.11. The number of hydrogen-bond donors (Lipinski definition) is 0. The molecule has 1 nitrogen and oxygen atoms in total. The quantitative estimate of drug-likeness (QED) is 0.407. The van der Waals surface area contributed by atoms with E-state index in [0.29, 0.717) is 5.92 Å². The summed E-state index contributed by atoms with van der Waals surface area (Å²) >= 11 is 0. The molecule has 0 N–H and O–H groups in total. The molecule has 0 aliphatic heterocycles. The fraction of sp³-hybridized carbons (Fsp3) is 0.700. The van der Waals surface area contributed by atoms with Gasteiger partial charge in [0.05, 0.1) is 0 Å². The maximum atomic E-state index is 4.00. The molecule has 0 amide bonds. The van der Waals surface area contributed by atoms with E-state index in [1.165, 1.54) is 5.71 Å². The summed E-state index contributed by atoms with van der Waals surface area (Å²) in [6, 6.07) is 0. The van der Waals surface area contributed by atoms with E-state index in [1.54, 1.807) is 0 Å². The Morgan fingerprint density at radius 3 is 1.45 bits per heavy atom. The van der Waals surface area contributed by atoms with Gasteiger partial charge in [-0.15, -0.1) is 13.2 Å². The molecule has 0 radical (unpaired) electrons. The van der Waals surface area contributed by atoms with Crippen LogP contribution in [0.5, 0.6) is 0 Å². The second-order valence-electron chi connectivity index (χ2n) is 2.02. The van der Waals surface area contributed by atoms with E-state index in [9.17, 15) is 0 Å². The van der Waals surface area contributed by atoms with Crippen LogP contribution in [0.15, 0.2) is 18.2 Å². The molecule has 0 heterocycles. The van der Waals surface area contributed by atoms with Gasteiger partial charge in [0.2, 0.25) is 0 Å². The smallest absolute Gasteiger partial charge is 0.0276 e. The van der Waals surface area contributed by atoms with E-state index in [1.807, 2.05) is 27.8 Å². The Kier molecular flexibility index (Phi) is 24.7. The molecule has 0 fully saturated rings. The van der Waals surface area contributed by atoms with Gasteiger partial charge in [-0.2, -0.15) is 0 Å². The summed E-state index contributed by atoms with van der Waals surface area (Å²) in [5, 5.41) is 0. The lowest BCUT2D eigenvalue weighted by molar-refractivity contribution is 0.875. The number of aliphatic imine (C=N–C) groups is 1. The van der Waals surface area contributed by atoms with Gasteiger partial charge in [0.1, 0.15) is 0 Å². The third-order valence-electron chi connectivity index (χ3n) is 1.19. The van der Waals surface area contributed by atoms with Gasteiger partial charge >= 0.3 is 0 Å². The van der Waals surface area contributed by atoms with Gasteiger partial charge in [-0.25, -0.2) is 0 Å². The zero-order chi connectivity index (χ0) is 9.86. The number of rotatable bonds is 1. The molecule has 0 aliphatic rings. The van der Waals surface area contributed by atoms with Crippen LogP contribution in [-0.4, -0.2) is 12.8 Å². The van der Waals surface area contributed by atoms with Crippen molar-refractivity contribution in [2.24, 2.45) is 10.9 Å². The van der Waals surface area contributed by atoms with Crippen LogP contribution in [0.1, 0.15) is 34.6 Å². The van der Waals surface area contributed by atoms with Gasteiger partial charge in [0.15, 0.2) is 0 Å². The summed E-state index contributed by atoms with van der Waals surface area (Å²) in [5.41, 5.74) is 1.22.